The lowest BCUT2D eigenvalue weighted by molar-refractivity contribution is -0.144. The quantitative estimate of drug-likeness (QED) is 0.663. The van der Waals surface area contributed by atoms with E-state index < -0.39 is 0 Å². The van der Waals surface area contributed by atoms with E-state index in [1.807, 2.05) is 36.9 Å². The van der Waals surface area contributed by atoms with Gasteiger partial charge in [-0.1, -0.05) is 13.0 Å². The van der Waals surface area contributed by atoms with Crippen LogP contribution in [-0.2, 0) is 9.53 Å². The minimum absolute atomic E-state index is 0.224. The third-order valence-electron chi connectivity index (χ3n) is 3.16. The number of hydrogen-bond acceptors (Lipinski definition) is 5. The van der Waals surface area contributed by atoms with Gasteiger partial charge in [0.1, 0.15) is 24.1 Å². The van der Waals surface area contributed by atoms with E-state index in [4.69, 9.17) is 15.2 Å². The number of para-hydroxylation sites is 1. The van der Waals surface area contributed by atoms with Crippen molar-refractivity contribution in [3.63, 3.8) is 0 Å². The molecular weight excluding hydrogens is 244 g/mol. The number of fused-ring (bicyclic) bond motifs is 1. The van der Waals surface area contributed by atoms with Crippen molar-refractivity contribution in [2.24, 2.45) is 0 Å². The third kappa shape index (κ3) is 2.75. The molecule has 104 valence electrons. The summed E-state index contributed by atoms with van der Waals surface area (Å²) in [5, 5.41) is 0. The zero-order valence-electron chi connectivity index (χ0n) is 11.4. The minimum Gasteiger partial charge on any atom is -0.489 e. The molecule has 0 aliphatic carbocycles. The average Bonchev–Trinajstić information content (AvgIpc) is 2.43. The van der Waals surface area contributed by atoms with Crippen LogP contribution in [0.5, 0.6) is 5.75 Å². The van der Waals surface area contributed by atoms with Crippen molar-refractivity contribution in [1.29, 1.82) is 0 Å². The predicted molar refractivity (Wildman–Crippen MR) is 74.4 cm³/mol. The maximum absolute atomic E-state index is 12.0. The highest BCUT2D eigenvalue weighted by Gasteiger charge is 2.29. The first kappa shape index (κ1) is 13.5. The summed E-state index contributed by atoms with van der Waals surface area (Å²) in [6, 6.07) is 5.16. The highest BCUT2D eigenvalue weighted by atomic mass is 16.5. The predicted octanol–water partition coefficient (Wildman–Crippen LogP) is 1.81. The monoisotopic (exact) mass is 264 g/mol. The van der Waals surface area contributed by atoms with Crippen molar-refractivity contribution < 1.29 is 14.3 Å². The van der Waals surface area contributed by atoms with Crippen molar-refractivity contribution in [3.8, 4) is 5.75 Å². The van der Waals surface area contributed by atoms with E-state index in [9.17, 15) is 4.79 Å². The van der Waals surface area contributed by atoms with E-state index >= 15 is 0 Å². The van der Waals surface area contributed by atoms with Crippen LogP contribution in [-0.4, -0.2) is 31.8 Å². The zero-order valence-corrected chi connectivity index (χ0v) is 11.4. The van der Waals surface area contributed by atoms with Crippen LogP contribution in [0.4, 0.5) is 11.4 Å². The molecule has 0 saturated carbocycles. The number of benzene rings is 1. The number of anilines is 2. The van der Waals surface area contributed by atoms with Crippen LogP contribution in [0.2, 0.25) is 0 Å². The first-order valence-electron chi connectivity index (χ1n) is 6.59. The second kappa shape index (κ2) is 5.82. The number of carbonyl (C=O) groups is 1. The number of hydrogen-bond donors (Lipinski definition) is 1. The summed E-state index contributed by atoms with van der Waals surface area (Å²) in [6.45, 7) is 5.43. The third-order valence-corrected chi connectivity index (χ3v) is 3.16. The van der Waals surface area contributed by atoms with Crippen LogP contribution in [0, 0.1) is 0 Å². The summed E-state index contributed by atoms with van der Waals surface area (Å²) in [5.41, 5.74) is 7.40. The molecule has 0 spiro atoms. The Labute approximate surface area is 113 Å². The normalized spacial score (nSPS) is 15.4. The Hall–Kier alpha value is -1.91. The average molecular weight is 264 g/mol. The van der Waals surface area contributed by atoms with Crippen LogP contribution in [0.25, 0.3) is 0 Å². The molecule has 0 bridgehead atoms. The van der Waals surface area contributed by atoms with Crippen LogP contribution in [0.15, 0.2) is 18.2 Å². The molecule has 0 saturated heterocycles. The van der Waals surface area contributed by atoms with Gasteiger partial charge in [0.2, 0.25) is 0 Å². The summed E-state index contributed by atoms with van der Waals surface area (Å²) >= 11 is 0. The van der Waals surface area contributed by atoms with Gasteiger partial charge in [-0.15, -0.1) is 0 Å². The van der Waals surface area contributed by atoms with Crippen LogP contribution < -0.4 is 15.4 Å². The Kier molecular flexibility index (Phi) is 4.14. The number of ether oxygens (including phenoxy) is 2. The lowest BCUT2D eigenvalue weighted by atomic mass is 10.1. The van der Waals surface area contributed by atoms with E-state index in [0.717, 1.165) is 17.9 Å². The van der Waals surface area contributed by atoms with Crippen molar-refractivity contribution in [2.45, 2.75) is 26.3 Å². The van der Waals surface area contributed by atoms with E-state index in [-0.39, 0.29) is 12.0 Å². The second-order valence-electron chi connectivity index (χ2n) is 4.58. The minimum atomic E-state index is -0.362. The van der Waals surface area contributed by atoms with Crippen molar-refractivity contribution in [2.75, 3.05) is 30.4 Å². The Bertz CT molecular complexity index is 462. The van der Waals surface area contributed by atoms with Crippen LogP contribution in [0.3, 0.4) is 0 Å². The number of nitrogens with zero attached hydrogens (tertiary/aromatic N) is 1. The molecule has 1 aliphatic rings. The zero-order chi connectivity index (χ0) is 13.8. The van der Waals surface area contributed by atoms with Gasteiger partial charge in [0.15, 0.2) is 0 Å². The van der Waals surface area contributed by atoms with Gasteiger partial charge in [0.05, 0.1) is 18.8 Å². The SMILES string of the molecule is CCCOC(=O)C(C)N1CCOc2cccc(N)c21. The molecule has 5 nitrogen and oxygen atoms in total. The molecule has 2 rings (SSSR count). The molecule has 0 aromatic heterocycles. The maximum Gasteiger partial charge on any atom is 0.328 e. The van der Waals surface area contributed by atoms with E-state index in [2.05, 4.69) is 0 Å². The standard InChI is InChI=1S/C14H20N2O3/c1-3-8-19-14(17)10(2)16-7-9-18-12-6-4-5-11(15)13(12)16/h4-6,10H,3,7-9,15H2,1-2H3. The molecule has 1 unspecified atom stereocenters. The van der Waals surface area contributed by atoms with Crippen molar-refractivity contribution >= 4 is 17.3 Å². The molecule has 2 N–H and O–H groups in total. The molecule has 1 aliphatic heterocycles. The van der Waals surface area contributed by atoms with E-state index in [0.29, 0.717) is 25.4 Å². The molecule has 1 aromatic carbocycles. The van der Waals surface area contributed by atoms with Crippen molar-refractivity contribution in [3.05, 3.63) is 18.2 Å². The molecule has 0 radical (unpaired) electrons. The van der Waals surface area contributed by atoms with Gasteiger partial charge < -0.3 is 20.1 Å². The molecule has 0 amide bonds. The highest BCUT2D eigenvalue weighted by molar-refractivity contribution is 5.84. The molecular formula is C14H20N2O3. The summed E-state index contributed by atoms with van der Waals surface area (Å²) in [5.74, 6) is 0.499. The number of nitrogens with two attached hydrogens (primary N) is 1. The lowest BCUT2D eigenvalue weighted by Gasteiger charge is -2.35. The molecule has 1 aromatic rings. The first-order valence-corrected chi connectivity index (χ1v) is 6.59. The molecule has 0 fully saturated rings. The summed E-state index contributed by atoms with van der Waals surface area (Å²) in [4.78, 5) is 13.9. The largest absolute Gasteiger partial charge is 0.489 e. The Balaban J connectivity index is 2.21. The summed E-state index contributed by atoms with van der Waals surface area (Å²) < 4.78 is 10.8. The first-order chi connectivity index (χ1) is 9.15. The maximum atomic E-state index is 12.0. The van der Waals surface area contributed by atoms with Crippen LogP contribution >= 0.6 is 0 Å². The van der Waals surface area contributed by atoms with Gasteiger partial charge in [0, 0.05) is 0 Å². The van der Waals surface area contributed by atoms with Gasteiger partial charge in [-0.25, -0.2) is 4.79 Å². The lowest BCUT2D eigenvalue weighted by Crippen LogP contribution is -2.45. The van der Waals surface area contributed by atoms with Crippen LogP contribution in [0.1, 0.15) is 20.3 Å². The summed E-state index contributed by atoms with van der Waals surface area (Å²) in [7, 11) is 0. The molecule has 19 heavy (non-hydrogen) atoms. The Morgan fingerprint density at radius 3 is 3.11 bits per heavy atom. The number of rotatable bonds is 4. The van der Waals surface area contributed by atoms with Crippen molar-refractivity contribution in [1.82, 2.24) is 0 Å². The fourth-order valence-corrected chi connectivity index (χ4v) is 2.17. The van der Waals surface area contributed by atoms with Gasteiger partial charge in [-0.3, -0.25) is 0 Å². The smallest absolute Gasteiger partial charge is 0.328 e. The van der Waals surface area contributed by atoms with Gasteiger partial charge >= 0.3 is 5.97 Å². The Morgan fingerprint density at radius 1 is 1.58 bits per heavy atom. The van der Waals surface area contributed by atoms with Gasteiger partial charge in [-0.05, 0) is 25.5 Å². The Morgan fingerprint density at radius 2 is 2.37 bits per heavy atom. The van der Waals surface area contributed by atoms with Gasteiger partial charge in [-0.2, -0.15) is 0 Å². The topological polar surface area (TPSA) is 64.8 Å². The summed E-state index contributed by atoms with van der Waals surface area (Å²) in [6.07, 6.45) is 0.820. The molecule has 5 heteroatoms. The molecule has 1 atom stereocenters. The van der Waals surface area contributed by atoms with E-state index in [1.165, 1.54) is 0 Å². The number of nitrogen functional groups attached to an aromatic ring is 1. The highest BCUT2D eigenvalue weighted by Crippen LogP contribution is 2.37. The molecule has 1 heterocycles. The fourth-order valence-electron chi connectivity index (χ4n) is 2.17. The number of esters is 1. The van der Waals surface area contributed by atoms with E-state index in [1.54, 1.807) is 0 Å². The second-order valence-corrected chi connectivity index (χ2v) is 4.58. The number of carbonyl (C=O) groups excluding carboxylic acids is 1. The van der Waals surface area contributed by atoms with Gasteiger partial charge in [0.25, 0.3) is 0 Å². The fraction of sp³-hybridized carbons (Fsp3) is 0.500.